The van der Waals surface area contributed by atoms with Gasteiger partial charge >= 0.3 is 0 Å². The fourth-order valence-corrected chi connectivity index (χ4v) is 4.18. The number of hydrogen-bond donors (Lipinski definition) is 0. The van der Waals surface area contributed by atoms with Gasteiger partial charge in [-0.25, -0.2) is 4.39 Å². The third kappa shape index (κ3) is 4.59. The van der Waals surface area contributed by atoms with Crippen LogP contribution in [0.1, 0.15) is 37.1 Å². The van der Waals surface area contributed by atoms with Gasteiger partial charge in [-0.15, -0.1) is 6.58 Å². The summed E-state index contributed by atoms with van der Waals surface area (Å²) >= 11 is 6.75. The number of piperazine rings is 1. The van der Waals surface area contributed by atoms with Crippen LogP contribution in [0.3, 0.4) is 0 Å². The lowest BCUT2D eigenvalue weighted by molar-refractivity contribution is 0.271. The zero-order valence-corrected chi connectivity index (χ0v) is 17.7. The van der Waals surface area contributed by atoms with Crippen molar-refractivity contribution in [2.24, 2.45) is 0 Å². The summed E-state index contributed by atoms with van der Waals surface area (Å²) in [4.78, 5) is 4.80. The van der Waals surface area contributed by atoms with Crippen molar-refractivity contribution >= 4 is 17.3 Å². The molecule has 0 aliphatic carbocycles. The zero-order valence-electron chi connectivity index (χ0n) is 16.9. The van der Waals surface area contributed by atoms with Crippen molar-refractivity contribution in [2.75, 3.05) is 37.6 Å². The molecular weight excluding hydrogens is 371 g/mol. The van der Waals surface area contributed by atoms with Crippen molar-refractivity contribution in [3.8, 4) is 11.1 Å². The van der Waals surface area contributed by atoms with Crippen LogP contribution in [-0.4, -0.2) is 37.6 Å². The SMILES string of the molecule is C=CCCC(F)c1cc(N2CCN(CC)CC2)cc(-c2ccccc2C)c1Cl. The summed E-state index contributed by atoms with van der Waals surface area (Å²) in [5.41, 5.74) is 4.79. The number of benzene rings is 2. The molecule has 2 aromatic carbocycles. The number of likely N-dealkylation sites (N-methyl/N-ethyl adjacent to an activating group) is 1. The average molecular weight is 401 g/mol. The number of rotatable bonds is 7. The van der Waals surface area contributed by atoms with Gasteiger partial charge in [0, 0.05) is 43.0 Å². The van der Waals surface area contributed by atoms with Crippen molar-refractivity contribution in [3.05, 3.63) is 65.2 Å². The quantitative estimate of drug-likeness (QED) is 0.494. The Bertz CT molecular complexity index is 812. The molecule has 1 heterocycles. The Morgan fingerprint density at radius 1 is 1.14 bits per heavy atom. The third-order valence-corrected chi connectivity index (χ3v) is 6.09. The van der Waals surface area contributed by atoms with Crippen molar-refractivity contribution in [3.63, 3.8) is 0 Å². The molecule has 0 aromatic heterocycles. The summed E-state index contributed by atoms with van der Waals surface area (Å²) in [7, 11) is 0. The first-order valence-corrected chi connectivity index (χ1v) is 10.5. The van der Waals surface area contributed by atoms with Crippen LogP contribution in [-0.2, 0) is 0 Å². The minimum atomic E-state index is -1.09. The monoisotopic (exact) mass is 400 g/mol. The van der Waals surface area contributed by atoms with Crippen molar-refractivity contribution in [1.29, 1.82) is 0 Å². The predicted octanol–water partition coefficient (Wildman–Crippen LogP) is 6.43. The molecule has 2 nitrogen and oxygen atoms in total. The molecule has 1 aliphatic heterocycles. The molecule has 1 atom stereocenters. The second kappa shape index (κ2) is 9.58. The van der Waals surface area contributed by atoms with Gasteiger partial charge < -0.3 is 9.80 Å². The molecule has 4 heteroatoms. The van der Waals surface area contributed by atoms with Gasteiger partial charge in [0.05, 0.1) is 5.02 Å². The molecule has 0 spiro atoms. The van der Waals surface area contributed by atoms with E-state index in [1.54, 1.807) is 6.08 Å². The van der Waals surface area contributed by atoms with Gasteiger partial charge in [-0.05, 0) is 49.6 Å². The van der Waals surface area contributed by atoms with Crippen molar-refractivity contribution < 1.29 is 4.39 Å². The van der Waals surface area contributed by atoms with Gasteiger partial charge in [-0.3, -0.25) is 0 Å². The second-order valence-electron chi connectivity index (χ2n) is 7.47. The maximum Gasteiger partial charge on any atom is 0.127 e. The summed E-state index contributed by atoms with van der Waals surface area (Å²) in [5, 5.41) is 0.529. The number of alkyl halides is 1. The van der Waals surface area contributed by atoms with E-state index in [2.05, 4.69) is 48.4 Å². The smallest absolute Gasteiger partial charge is 0.127 e. The van der Waals surface area contributed by atoms with Gasteiger partial charge in [0.15, 0.2) is 0 Å². The van der Waals surface area contributed by atoms with Gasteiger partial charge in [0.1, 0.15) is 6.17 Å². The molecule has 0 bridgehead atoms. The van der Waals surface area contributed by atoms with Crippen LogP contribution < -0.4 is 4.90 Å². The number of anilines is 1. The molecule has 0 N–H and O–H groups in total. The van der Waals surface area contributed by atoms with Crippen LogP contribution in [0.2, 0.25) is 5.02 Å². The highest BCUT2D eigenvalue weighted by Crippen LogP contribution is 2.41. The highest BCUT2D eigenvalue weighted by atomic mass is 35.5. The number of hydrogen-bond acceptors (Lipinski definition) is 2. The predicted molar refractivity (Wildman–Crippen MR) is 119 cm³/mol. The summed E-state index contributed by atoms with van der Waals surface area (Å²) < 4.78 is 15.1. The van der Waals surface area contributed by atoms with E-state index in [1.165, 1.54) is 0 Å². The van der Waals surface area contributed by atoms with Gasteiger partial charge in [0.25, 0.3) is 0 Å². The van der Waals surface area contributed by atoms with Crippen LogP contribution in [0.15, 0.2) is 49.1 Å². The van der Waals surface area contributed by atoms with E-state index >= 15 is 4.39 Å². The summed E-state index contributed by atoms with van der Waals surface area (Å²) in [6.07, 6.45) is 1.71. The van der Waals surface area contributed by atoms with E-state index in [-0.39, 0.29) is 0 Å². The van der Waals surface area contributed by atoms with Gasteiger partial charge in [-0.1, -0.05) is 48.9 Å². The summed E-state index contributed by atoms with van der Waals surface area (Å²) in [6.45, 7) is 13.0. The first kappa shape index (κ1) is 20.9. The molecule has 2 aromatic rings. The van der Waals surface area contributed by atoms with Crippen LogP contribution in [0.5, 0.6) is 0 Å². The van der Waals surface area contributed by atoms with E-state index in [9.17, 15) is 0 Å². The Morgan fingerprint density at radius 3 is 2.50 bits per heavy atom. The van der Waals surface area contributed by atoms with E-state index in [0.29, 0.717) is 23.4 Å². The highest BCUT2D eigenvalue weighted by Gasteiger charge is 2.22. The molecule has 1 unspecified atom stereocenters. The standard InChI is InChI=1S/C24H30ClFN2/c1-4-6-11-23(26)22-17-19(28-14-12-27(5-2)13-15-28)16-21(24(22)25)20-10-8-7-9-18(20)3/h4,7-10,16-17,23H,1,5-6,11-15H2,2-3H3. The number of aryl methyl sites for hydroxylation is 1. The van der Waals surface area contributed by atoms with E-state index in [4.69, 9.17) is 11.6 Å². The van der Waals surface area contributed by atoms with Crippen LogP contribution >= 0.6 is 11.6 Å². The first-order valence-electron chi connectivity index (χ1n) is 10.2. The Labute approximate surface area is 173 Å². The fraction of sp³-hybridized carbons (Fsp3) is 0.417. The Hall–Kier alpha value is -1.84. The van der Waals surface area contributed by atoms with Gasteiger partial charge in [0.2, 0.25) is 0 Å². The maximum absolute atomic E-state index is 15.1. The topological polar surface area (TPSA) is 6.48 Å². The van der Waals surface area contributed by atoms with E-state index < -0.39 is 6.17 Å². The normalized spacial score (nSPS) is 16.2. The van der Waals surface area contributed by atoms with E-state index in [0.717, 1.165) is 55.1 Å². The molecule has 0 radical (unpaired) electrons. The van der Waals surface area contributed by atoms with Crippen LogP contribution in [0.4, 0.5) is 10.1 Å². The molecule has 3 rings (SSSR count). The van der Waals surface area contributed by atoms with Crippen LogP contribution in [0, 0.1) is 6.92 Å². The lowest BCUT2D eigenvalue weighted by atomic mass is 9.95. The second-order valence-corrected chi connectivity index (χ2v) is 7.84. The Kier molecular flexibility index (Phi) is 7.14. The summed E-state index contributed by atoms with van der Waals surface area (Å²) in [5.74, 6) is 0. The molecule has 1 saturated heterocycles. The maximum atomic E-state index is 15.1. The number of halogens is 2. The minimum absolute atomic E-state index is 0.406. The zero-order chi connectivity index (χ0) is 20.1. The lowest BCUT2D eigenvalue weighted by Gasteiger charge is -2.36. The largest absolute Gasteiger partial charge is 0.369 e. The molecule has 150 valence electrons. The highest BCUT2D eigenvalue weighted by molar-refractivity contribution is 6.34. The minimum Gasteiger partial charge on any atom is -0.369 e. The van der Waals surface area contributed by atoms with Crippen molar-refractivity contribution in [2.45, 2.75) is 32.9 Å². The first-order chi connectivity index (χ1) is 13.5. The fourth-order valence-electron chi connectivity index (χ4n) is 3.85. The molecular formula is C24H30ClFN2. The number of nitrogens with zero attached hydrogens (tertiary/aromatic N) is 2. The molecule has 1 aliphatic rings. The molecule has 28 heavy (non-hydrogen) atoms. The molecule has 1 fully saturated rings. The third-order valence-electron chi connectivity index (χ3n) is 5.67. The average Bonchev–Trinajstić information content (AvgIpc) is 2.73. The molecule has 0 saturated carbocycles. The lowest BCUT2D eigenvalue weighted by Crippen LogP contribution is -2.46. The van der Waals surface area contributed by atoms with Crippen molar-refractivity contribution in [1.82, 2.24) is 4.90 Å². The Balaban J connectivity index is 2.03. The summed E-state index contributed by atoms with van der Waals surface area (Å²) in [6, 6.07) is 12.3. The number of allylic oxidation sites excluding steroid dienone is 1. The Morgan fingerprint density at radius 2 is 1.86 bits per heavy atom. The molecule has 0 amide bonds. The van der Waals surface area contributed by atoms with E-state index in [1.807, 2.05) is 18.2 Å². The van der Waals surface area contributed by atoms with Crippen LogP contribution in [0.25, 0.3) is 11.1 Å². The van der Waals surface area contributed by atoms with Gasteiger partial charge in [-0.2, -0.15) is 0 Å².